The van der Waals surface area contributed by atoms with Gasteiger partial charge in [-0.05, 0) is 31.6 Å². The summed E-state index contributed by atoms with van der Waals surface area (Å²) in [4.78, 5) is 11.0. The Morgan fingerprint density at radius 3 is 2.50 bits per heavy atom. The number of carbonyl (C=O) groups is 1. The number of methoxy groups -OCH3 is 1. The van der Waals surface area contributed by atoms with Gasteiger partial charge in [-0.3, -0.25) is 4.79 Å². The van der Waals surface area contributed by atoms with Gasteiger partial charge in [0, 0.05) is 5.54 Å². The maximum absolute atomic E-state index is 11.0. The van der Waals surface area contributed by atoms with E-state index in [0.29, 0.717) is 5.92 Å². The van der Waals surface area contributed by atoms with Crippen LogP contribution in [-0.4, -0.2) is 18.6 Å². The van der Waals surface area contributed by atoms with Crippen LogP contribution in [0.5, 0.6) is 0 Å². The van der Waals surface area contributed by atoms with Crippen LogP contribution in [0.3, 0.4) is 0 Å². The molecule has 0 spiro atoms. The number of ether oxygens (including phenoxy) is 1. The Morgan fingerprint density at radius 2 is 2.08 bits per heavy atom. The zero-order valence-corrected chi connectivity index (χ0v) is 7.38. The maximum Gasteiger partial charge on any atom is 0.308 e. The van der Waals surface area contributed by atoms with Crippen molar-refractivity contribution in [2.24, 2.45) is 17.6 Å². The van der Waals surface area contributed by atoms with Crippen molar-refractivity contribution in [1.29, 1.82) is 0 Å². The predicted molar refractivity (Wildman–Crippen MR) is 44.4 cm³/mol. The summed E-state index contributed by atoms with van der Waals surface area (Å²) in [6.07, 6.45) is 4.18. The molecule has 0 aromatic heterocycles. The summed E-state index contributed by atoms with van der Waals surface area (Å²) in [6.45, 7) is 0. The van der Waals surface area contributed by atoms with Crippen LogP contribution in [0.2, 0.25) is 0 Å². The largest absolute Gasteiger partial charge is 0.469 e. The molecule has 0 heterocycles. The summed E-state index contributed by atoms with van der Waals surface area (Å²) >= 11 is 0. The third kappa shape index (κ3) is 1.12. The summed E-state index contributed by atoms with van der Waals surface area (Å²) < 4.78 is 4.66. The number of esters is 1. The SMILES string of the molecule is COC(=O)C1CC(C2(N)CC2)C1. The molecular weight excluding hydrogens is 154 g/mol. The Balaban J connectivity index is 1.80. The van der Waals surface area contributed by atoms with Crippen molar-refractivity contribution in [3.05, 3.63) is 0 Å². The van der Waals surface area contributed by atoms with Crippen molar-refractivity contribution in [3.63, 3.8) is 0 Å². The fraction of sp³-hybridized carbons (Fsp3) is 0.889. The zero-order valence-electron chi connectivity index (χ0n) is 7.38. The highest BCUT2D eigenvalue weighted by atomic mass is 16.5. The normalized spacial score (nSPS) is 36.8. The second-order valence-electron chi connectivity index (χ2n) is 4.12. The molecule has 12 heavy (non-hydrogen) atoms. The van der Waals surface area contributed by atoms with Gasteiger partial charge in [0.25, 0.3) is 0 Å². The Kier molecular flexibility index (Phi) is 1.65. The topological polar surface area (TPSA) is 52.3 Å². The molecule has 0 saturated heterocycles. The molecule has 0 amide bonds. The highest BCUT2D eigenvalue weighted by molar-refractivity contribution is 5.73. The molecule has 0 aromatic rings. The van der Waals surface area contributed by atoms with E-state index in [9.17, 15) is 4.79 Å². The van der Waals surface area contributed by atoms with Gasteiger partial charge in [-0.25, -0.2) is 0 Å². The van der Waals surface area contributed by atoms with Crippen LogP contribution in [0.25, 0.3) is 0 Å². The molecule has 2 aliphatic carbocycles. The summed E-state index contributed by atoms with van der Waals surface area (Å²) in [6, 6.07) is 0. The lowest BCUT2D eigenvalue weighted by Gasteiger charge is -2.37. The van der Waals surface area contributed by atoms with Crippen molar-refractivity contribution in [1.82, 2.24) is 0 Å². The monoisotopic (exact) mass is 169 g/mol. The van der Waals surface area contributed by atoms with Crippen LogP contribution in [0, 0.1) is 11.8 Å². The van der Waals surface area contributed by atoms with Crippen molar-refractivity contribution in [2.75, 3.05) is 7.11 Å². The smallest absolute Gasteiger partial charge is 0.308 e. The fourth-order valence-electron chi connectivity index (χ4n) is 2.00. The molecule has 2 saturated carbocycles. The van der Waals surface area contributed by atoms with Gasteiger partial charge in [0.2, 0.25) is 0 Å². The zero-order chi connectivity index (χ0) is 8.77. The summed E-state index contributed by atoms with van der Waals surface area (Å²) in [5.74, 6) is 0.665. The Bertz CT molecular complexity index is 205. The van der Waals surface area contributed by atoms with E-state index in [4.69, 9.17) is 5.73 Å². The Morgan fingerprint density at radius 1 is 1.50 bits per heavy atom. The minimum Gasteiger partial charge on any atom is -0.469 e. The Hall–Kier alpha value is -0.570. The molecule has 3 nitrogen and oxygen atoms in total. The molecule has 3 heteroatoms. The van der Waals surface area contributed by atoms with Gasteiger partial charge in [-0.15, -0.1) is 0 Å². The lowest BCUT2D eigenvalue weighted by molar-refractivity contribution is -0.150. The van der Waals surface area contributed by atoms with E-state index < -0.39 is 0 Å². The van der Waals surface area contributed by atoms with E-state index in [0.717, 1.165) is 25.7 Å². The molecular formula is C9H15NO2. The fourth-order valence-corrected chi connectivity index (χ4v) is 2.00. The van der Waals surface area contributed by atoms with E-state index in [-0.39, 0.29) is 17.4 Å². The van der Waals surface area contributed by atoms with Crippen LogP contribution < -0.4 is 5.73 Å². The second kappa shape index (κ2) is 2.46. The number of hydrogen-bond donors (Lipinski definition) is 1. The lowest BCUT2D eigenvalue weighted by atomic mass is 9.70. The minimum atomic E-state index is -0.0597. The highest BCUT2D eigenvalue weighted by Crippen LogP contribution is 2.51. The molecule has 2 rings (SSSR count). The third-order valence-corrected chi connectivity index (χ3v) is 3.31. The Labute approximate surface area is 72.3 Å². The molecule has 0 radical (unpaired) electrons. The molecule has 0 bridgehead atoms. The molecule has 0 atom stereocenters. The number of nitrogens with two attached hydrogens (primary N) is 1. The second-order valence-corrected chi connectivity index (χ2v) is 4.12. The van der Waals surface area contributed by atoms with E-state index in [1.54, 1.807) is 0 Å². The molecule has 2 N–H and O–H groups in total. The number of hydrogen-bond acceptors (Lipinski definition) is 3. The van der Waals surface area contributed by atoms with E-state index >= 15 is 0 Å². The van der Waals surface area contributed by atoms with Crippen LogP contribution in [0.1, 0.15) is 25.7 Å². The van der Waals surface area contributed by atoms with Crippen LogP contribution in [0.4, 0.5) is 0 Å². The van der Waals surface area contributed by atoms with E-state index in [2.05, 4.69) is 4.74 Å². The van der Waals surface area contributed by atoms with Crippen LogP contribution >= 0.6 is 0 Å². The van der Waals surface area contributed by atoms with Gasteiger partial charge < -0.3 is 10.5 Å². The highest BCUT2D eigenvalue weighted by Gasteiger charge is 2.52. The average molecular weight is 169 g/mol. The standard InChI is InChI=1S/C9H15NO2/c1-12-8(11)6-4-7(5-6)9(10)2-3-9/h6-7H,2-5,10H2,1H3. The molecule has 0 unspecified atom stereocenters. The van der Waals surface area contributed by atoms with E-state index in [1.807, 2.05) is 0 Å². The lowest BCUT2D eigenvalue weighted by Crippen LogP contribution is -2.44. The number of rotatable bonds is 2. The maximum atomic E-state index is 11.0. The quantitative estimate of drug-likeness (QED) is 0.618. The predicted octanol–water partition coefficient (Wildman–Crippen LogP) is 0.677. The van der Waals surface area contributed by atoms with Crippen molar-refractivity contribution in [2.45, 2.75) is 31.2 Å². The molecule has 0 aliphatic heterocycles. The van der Waals surface area contributed by atoms with Gasteiger partial charge in [-0.1, -0.05) is 0 Å². The summed E-state index contributed by atoms with van der Waals surface area (Å²) in [5.41, 5.74) is 6.11. The first kappa shape index (κ1) is 8.05. The van der Waals surface area contributed by atoms with Crippen molar-refractivity contribution < 1.29 is 9.53 Å². The molecule has 2 aliphatic rings. The van der Waals surface area contributed by atoms with Crippen molar-refractivity contribution in [3.8, 4) is 0 Å². The summed E-state index contributed by atoms with van der Waals surface area (Å²) in [7, 11) is 1.45. The van der Waals surface area contributed by atoms with Gasteiger partial charge in [0.15, 0.2) is 0 Å². The van der Waals surface area contributed by atoms with Gasteiger partial charge >= 0.3 is 5.97 Å². The first-order valence-electron chi connectivity index (χ1n) is 4.52. The molecule has 68 valence electrons. The van der Waals surface area contributed by atoms with E-state index in [1.165, 1.54) is 7.11 Å². The van der Waals surface area contributed by atoms with Gasteiger partial charge in [0.05, 0.1) is 13.0 Å². The van der Waals surface area contributed by atoms with Gasteiger partial charge in [0.1, 0.15) is 0 Å². The van der Waals surface area contributed by atoms with Crippen LogP contribution in [0.15, 0.2) is 0 Å². The first-order valence-corrected chi connectivity index (χ1v) is 4.52. The minimum absolute atomic E-state index is 0.0597. The molecule has 2 fully saturated rings. The summed E-state index contributed by atoms with van der Waals surface area (Å²) in [5, 5.41) is 0. The van der Waals surface area contributed by atoms with Crippen molar-refractivity contribution >= 4 is 5.97 Å². The van der Waals surface area contributed by atoms with Gasteiger partial charge in [-0.2, -0.15) is 0 Å². The number of carbonyl (C=O) groups excluding carboxylic acids is 1. The third-order valence-electron chi connectivity index (χ3n) is 3.31. The van der Waals surface area contributed by atoms with Crippen LogP contribution in [-0.2, 0) is 9.53 Å². The molecule has 0 aromatic carbocycles. The first-order chi connectivity index (χ1) is 5.65. The average Bonchev–Trinajstić information content (AvgIpc) is 2.65.